The van der Waals surface area contributed by atoms with Gasteiger partial charge in [-0.2, -0.15) is 0 Å². The largest absolute Gasteiger partial charge is 0.508 e. The molecule has 5 rings (SSSR count). The van der Waals surface area contributed by atoms with Gasteiger partial charge in [0.05, 0.1) is 24.6 Å². The van der Waals surface area contributed by atoms with Gasteiger partial charge in [-0.25, -0.2) is 4.90 Å². The van der Waals surface area contributed by atoms with Crippen LogP contribution in [0.15, 0.2) is 66.7 Å². The van der Waals surface area contributed by atoms with Gasteiger partial charge >= 0.3 is 5.97 Å². The molecule has 0 saturated carbocycles. The molecule has 4 unspecified atom stereocenters. The van der Waals surface area contributed by atoms with Crippen molar-refractivity contribution in [1.82, 2.24) is 5.32 Å². The Hall–Kier alpha value is -4.70. The molecule has 2 aliphatic rings. The molecule has 10 nitrogen and oxygen atoms in total. The average molecular weight is 531 g/mol. The maximum Gasteiger partial charge on any atom is 0.325 e. The monoisotopic (exact) mass is 530 g/mol. The van der Waals surface area contributed by atoms with E-state index in [0.717, 1.165) is 4.90 Å². The van der Waals surface area contributed by atoms with Gasteiger partial charge in [0.1, 0.15) is 11.3 Å². The summed E-state index contributed by atoms with van der Waals surface area (Å²) >= 11 is 0. The zero-order valence-corrected chi connectivity index (χ0v) is 21.1. The summed E-state index contributed by atoms with van der Waals surface area (Å²) in [6.45, 7) is 1.40. The van der Waals surface area contributed by atoms with Crippen molar-refractivity contribution >= 4 is 29.3 Å². The molecule has 3 aromatic rings. The van der Waals surface area contributed by atoms with E-state index in [1.807, 2.05) is 0 Å². The zero-order valence-electron chi connectivity index (χ0n) is 21.1. The summed E-state index contributed by atoms with van der Waals surface area (Å²) in [6, 6.07) is 15.5. The molecule has 2 amide bonds. The predicted molar refractivity (Wildman–Crippen MR) is 139 cm³/mol. The molecule has 4 atom stereocenters. The first-order valence-corrected chi connectivity index (χ1v) is 12.2. The van der Waals surface area contributed by atoms with Crippen molar-refractivity contribution in [2.45, 2.75) is 24.9 Å². The number of benzene rings is 3. The van der Waals surface area contributed by atoms with Crippen molar-refractivity contribution in [3.8, 4) is 17.2 Å². The number of aromatic hydroxyl groups is 2. The molecule has 10 heteroatoms. The van der Waals surface area contributed by atoms with Gasteiger partial charge in [-0.3, -0.25) is 24.5 Å². The van der Waals surface area contributed by atoms with Crippen LogP contribution >= 0.6 is 0 Å². The number of carbonyl (C=O) groups is 4. The fourth-order valence-corrected chi connectivity index (χ4v) is 5.65. The molecule has 3 aromatic carbocycles. The Morgan fingerprint density at radius 2 is 1.64 bits per heavy atom. The number of hydrogen-bond acceptors (Lipinski definition) is 8. The fourth-order valence-electron chi connectivity index (χ4n) is 5.65. The number of hydrogen-bond donors (Lipinski definition) is 4. The van der Waals surface area contributed by atoms with Crippen molar-refractivity contribution < 1.29 is 39.2 Å². The Bertz CT molecular complexity index is 1480. The molecule has 2 saturated heterocycles. The summed E-state index contributed by atoms with van der Waals surface area (Å²) < 4.78 is 5.22. The van der Waals surface area contributed by atoms with Crippen LogP contribution in [-0.2, 0) is 20.8 Å². The first-order valence-electron chi connectivity index (χ1n) is 12.2. The number of ketones is 1. The maximum absolute atomic E-state index is 14.0. The number of amides is 2. The summed E-state index contributed by atoms with van der Waals surface area (Å²) in [7, 11) is 1.37. The molecular formula is C29H26N2O8. The lowest BCUT2D eigenvalue weighted by Gasteiger charge is -2.31. The minimum Gasteiger partial charge on any atom is -0.508 e. The standard InChI is InChI=1S/C29H26N2O8/c1-15(32)17-5-8-19(9-6-17)31-26(35)23-24(27(31)36)29(28(37)38,14-16-3-10-20(33)11-4-16)30-25(23)18-7-12-21(34)22(13-18)39-2/h3-13,23-25,30,33-34H,14H2,1-2H3,(H,37,38). The number of fused-ring (bicyclic) bond motifs is 1. The highest BCUT2D eigenvalue weighted by molar-refractivity contribution is 6.24. The Labute approximate surface area is 223 Å². The van der Waals surface area contributed by atoms with E-state index in [1.54, 1.807) is 18.2 Å². The van der Waals surface area contributed by atoms with Gasteiger partial charge in [0.15, 0.2) is 17.3 Å². The molecule has 0 radical (unpaired) electrons. The Morgan fingerprint density at radius 3 is 2.23 bits per heavy atom. The number of ether oxygens (including phenoxy) is 1. The van der Waals surface area contributed by atoms with Crippen LogP contribution in [0.1, 0.15) is 34.5 Å². The third-order valence-electron chi connectivity index (χ3n) is 7.55. The number of carboxylic acid groups (broad SMARTS) is 1. The Balaban J connectivity index is 1.65. The minimum atomic E-state index is -1.88. The summed E-state index contributed by atoms with van der Waals surface area (Å²) in [5, 5.41) is 33.5. The van der Waals surface area contributed by atoms with Crippen LogP contribution < -0.4 is 15.0 Å². The van der Waals surface area contributed by atoms with E-state index in [2.05, 4.69) is 5.32 Å². The molecule has 4 N–H and O–H groups in total. The summed E-state index contributed by atoms with van der Waals surface area (Å²) in [5.74, 6) is -5.13. The SMILES string of the molecule is COc1cc(C2NC(Cc3ccc(O)cc3)(C(=O)O)C3C(=O)N(c4ccc(C(C)=O)cc4)C(=O)C23)ccc1O. The fraction of sp³-hybridized carbons (Fsp3) is 0.241. The van der Waals surface area contributed by atoms with Gasteiger partial charge in [0.25, 0.3) is 0 Å². The molecule has 200 valence electrons. The lowest BCUT2D eigenvalue weighted by atomic mass is 9.76. The summed E-state index contributed by atoms with van der Waals surface area (Å²) in [4.78, 5) is 53.6. The first-order chi connectivity index (χ1) is 18.6. The molecule has 2 heterocycles. The number of Topliss-reactive ketones (excluding diaryl/α,β-unsaturated/α-hetero) is 1. The van der Waals surface area contributed by atoms with E-state index in [1.165, 1.54) is 62.6 Å². The average Bonchev–Trinajstić information content (AvgIpc) is 3.39. The number of phenolic OH excluding ortho intramolecular Hbond substituents is 2. The van der Waals surface area contributed by atoms with Gasteiger partial charge in [0.2, 0.25) is 11.8 Å². The second-order valence-electron chi connectivity index (χ2n) is 9.79. The topological polar surface area (TPSA) is 153 Å². The number of imide groups is 1. The third-order valence-corrected chi connectivity index (χ3v) is 7.55. The van der Waals surface area contributed by atoms with Crippen molar-refractivity contribution in [2.75, 3.05) is 12.0 Å². The van der Waals surface area contributed by atoms with E-state index >= 15 is 0 Å². The number of nitrogens with zero attached hydrogens (tertiary/aromatic N) is 1. The van der Waals surface area contributed by atoms with Gasteiger partial charge < -0.3 is 20.1 Å². The summed E-state index contributed by atoms with van der Waals surface area (Å²) in [6.07, 6.45) is -0.147. The first kappa shape index (κ1) is 25.9. The van der Waals surface area contributed by atoms with E-state index in [4.69, 9.17) is 4.74 Å². The molecular weight excluding hydrogens is 504 g/mol. The normalized spacial score (nSPS) is 24.1. The second kappa shape index (κ2) is 9.55. The number of rotatable bonds is 7. The quantitative estimate of drug-likeness (QED) is 0.267. The highest BCUT2D eigenvalue weighted by atomic mass is 16.5. The highest BCUT2D eigenvalue weighted by Crippen LogP contribution is 2.51. The van der Waals surface area contributed by atoms with E-state index < -0.39 is 41.2 Å². The van der Waals surface area contributed by atoms with Crippen LogP contribution in [0.25, 0.3) is 0 Å². The molecule has 0 spiro atoms. The van der Waals surface area contributed by atoms with Gasteiger partial charge in [0, 0.05) is 18.0 Å². The molecule has 0 bridgehead atoms. The number of methoxy groups -OCH3 is 1. The van der Waals surface area contributed by atoms with Crippen molar-refractivity contribution in [2.24, 2.45) is 11.8 Å². The second-order valence-corrected chi connectivity index (χ2v) is 9.79. The van der Waals surface area contributed by atoms with Crippen LogP contribution in [0, 0.1) is 11.8 Å². The number of aliphatic carboxylic acids is 1. The van der Waals surface area contributed by atoms with Crippen LogP contribution in [0.2, 0.25) is 0 Å². The van der Waals surface area contributed by atoms with Crippen LogP contribution in [-0.4, -0.2) is 51.5 Å². The van der Waals surface area contributed by atoms with Crippen LogP contribution in [0.4, 0.5) is 5.69 Å². The number of anilines is 1. The minimum absolute atomic E-state index is 0.00162. The zero-order chi connectivity index (χ0) is 28.1. The van der Waals surface area contributed by atoms with Crippen molar-refractivity contribution in [3.63, 3.8) is 0 Å². The molecule has 39 heavy (non-hydrogen) atoms. The Kier molecular flexibility index (Phi) is 6.35. The van der Waals surface area contributed by atoms with E-state index in [-0.39, 0.29) is 35.1 Å². The maximum atomic E-state index is 14.0. The van der Waals surface area contributed by atoms with Crippen molar-refractivity contribution in [3.05, 3.63) is 83.4 Å². The highest BCUT2D eigenvalue weighted by Gasteiger charge is 2.68. The molecule has 0 aliphatic carbocycles. The number of nitrogens with one attached hydrogen (secondary N) is 1. The molecule has 2 aliphatic heterocycles. The van der Waals surface area contributed by atoms with Crippen LogP contribution in [0.5, 0.6) is 17.2 Å². The number of carbonyl (C=O) groups excluding carboxylic acids is 3. The molecule has 0 aromatic heterocycles. The lowest BCUT2D eigenvalue weighted by Crippen LogP contribution is -2.57. The lowest BCUT2D eigenvalue weighted by molar-refractivity contribution is -0.148. The van der Waals surface area contributed by atoms with Gasteiger partial charge in [-0.1, -0.05) is 18.2 Å². The summed E-state index contributed by atoms with van der Waals surface area (Å²) in [5.41, 5.74) is -0.243. The van der Waals surface area contributed by atoms with Gasteiger partial charge in [-0.05, 0) is 66.6 Å². The van der Waals surface area contributed by atoms with E-state index in [9.17, 15) is 34.5 Å². The van der Waals surface area contributed by atoms with E-state index in [0.29, 0.717) is 16.7 Å². The third kappa shape index (κ3) is 4.18. The van der Waals surface area contributed by atoms with Gasteiger partial charge in [-0.15, -0.1) is 0 Å². The van der Waals surface area contributed by atoms with Crippen LogP contribution in [0.3, 0.4) is 0 Å². The predicted octanol–water partition coefficient (Wildman–Crippen LogP) is 2.83. The van der Waals surface area contributed by atoms with Crippen molar-refractivity contribution in [1.29, 1.82) is 0 Å². The smallest absolute Gasteiger partial charge is 0.325 e. The number of carboxylic acids is 1. The number of phenols is 2. The molecule has 2 fully saturated rings. The Morgan fingerprint density at radius 1 is 0.974 bits per heavy atom.